The van der Waals surface area contributed by atoms with Crippen molar-refractivity contribution in [2.24, 2.45) is 17.8 Å². The zero-order chi connectivity index (χ0) is 21.0. The summed E-state index contributed by atoms with van der Waals surface area (Å²) in [4.78, 5) is 0. The Bertz CT molecular complexity index is 653. The number of hydrogen-bond acceptors (Lipinski definition) is 3. The Balaban J connectivity index is 1.77. The second-order valence-electron chi connectivity index (χ2n) is 10.5. The molecule has 1 aromatic rings. The molecule has 164 valence electrons. The second kappa shape index (κ2) is 9.83. The first-order valence-corrected chi connectivity index (χ1v) is 12.0. The lowest BCUT2D eigenvalue weighted by molar-refractivity contribution is 0.00985. The number of phenols is 1. The second-order valence-corrected chi connectivity index (χ2v) is 10.5. The summed E-state index contributed by atoms with van der Waals surface area (Å²) in [6, 6.07) is 6.31. The average molecular weight is 403 g/mol. The molecule has 1 aromatic carbocycles. The van der Waals surface area contributed by atoms with Crippen LogP contribution < -0.4 is 0 Å². The molecule has 2 fully saturated rings. The predicted octanol–water partition coefficient (Wildman–Crippen LogP) is 5.90. The van der Waals surface area contributed by atoms with Crippen molar-refractivity contribution in [3.05, 3.63) is 29.3 Å². The van der Waals surface area contributed by atoms with Crippen LogP contribution in [-0.2, 0) is 5.41 Å². The van der Waals surface area contributed by atoms with E-state index in [1.165, 1.54) is 31.2 Å². The van der Waals surface area contributed by atoms with Crippen LogP contribution in [0.1, 0.15) is 102 Å². The minimum absolute atomic E-state index is 0.0607. The van der Waals surface area contributed by atoms with E-state index in [1.807, 2.05) is 6.07 Å². The summed E-state index contributed by atoms with van der Waals surface area (Å²) in [5.74, 6) is 1.94. The summed E-state index contributed by atoms with van der Waals surface area (Å²) in [5, 5.41) is 31.1. The maximum Gasteiger partial charge on any atom is 0.119 e. The van der Waals surface area contributed by atoms with Crippen molar-refractivity contribution < 1.29 is 15.3 Å². The third-order valence-electron chi connectivity index (χ3n) is 7.90. The molecule has 0 radical (unpaired) electrons. The van der Waals surface area contributed by atoms with Crippen LogP contribution in [0.5, 0.6) is 5.75 Å². The molecule has 5 atom stereocenters. The molecule has 29 heavy (non-hydrogen) atoms. The van der Waals surface area contributed by atoms with E-state index in [9.17, 15) is 15.3 Å². The van der Waals surface area contributed by atoms with Crippen LogP contribution in [0.3, 0.4) is 0 Å². The fourth-order valence-corrected chi connectivity index (χ4v) is 6.00. The summed E-state index contributed by atoms with van der Waals surface area (Å²) in [6.45, 7) is 7.06. The molecular weight excluding hydrogens is 360 g/mol. The van der Waals surface area contributed by atoms with Gasteiger partial charge in [-0.3, -0.25) is 0 Å². The summed E-state index contributed by atoms with van der Waals surface area (Å²) in [6.07, 6.45) is 10.7. The Morgan fingerprint density at radius 1 is 1.03 bits per heavy atom. The molecule has 0 aromatic heterocycles. The fourth-order valence-electron chi connectivity index (χ4n) is 6.00. The van der Waals surface area contributed by atoms with E-state index in [-0.39, 0.29) is 24.0 Å². The highest BCUT2D eigenvalue weighted by Gasteiger charge is 2.42. The van der Waals surface area contributed by atoms with Crippen molar-refractivity contribution in [3.63, 3.8) is 0 Å². The number of aromatic hydroxyl groups is 1. The number of aliphatic hydroxyl groups excluding tert-OH is 2. The Kier molecular flexibility index (Phi) is 7.67. The lowest BCUT2D eigenvalue weighted by atomic mass is 9.60. The van der Waals surface area contributed by atoms with Crippen LogP contribution in [0.15, 0.2) is 18.2 Å². The van der Waals surface area contributed by atoms with Crippen LogP contribution in [-0.4, -0.2) is 28.0 Å². The smallest absolute Gasteiger partial charge is 0.119 e. The Hall–Kier alpha value is -1.06. The van der Waals surface area contributed by atoms with Gasteiger partial charge < -0.3 is 15.3 Å². The largest absolute Gasteiger partial charge is 0.508 e. The van der Waals surface area contributed by atoms with Crippen molar-refractivity contribution in [3.8, 4) is 5.75 Å². The monoisotopic (exact) mass is 402 g/mol. The topological polar surface area (TPSA) is 60.7 Å². The maximum absolute atomic E-state index is 11.0. The van der Waals surface area contributed by atoms with E-state index in [2.05, 4.69) is 32.9 Å². The first-order chi connectivity index (χ1) is 13.9. The van der Waals surface area contributed by atoms with Crippen LogP contribution in [0, 0.1) is 17.8 Å². The Morgan fingerprint density at radius 3 is 2.52 bits per heavy atom. The van der Waals surface area contributed by atoms with Crippen molar-refractivity contribution in [1.29, 1.82) is 0 Å². The minimum atomic E-state index is -0.277. The van der Waals surface area contributed by atoms with Gasteiger partial charge in [-0.25, -0.2) is 0 Å². The van der Waals surface area contributed by atoms with Gasteiger partial charge in [0.2, 0.25) is 0 Å². The molecule has 0 aliphatic heterocycles. The van der Waals surface area contributed by atoms with Gasteiger partial charge in [0, 0.05) is 6.61 Å². The maximum atomic E-state index is 11.0. The van der Waals surface area contributed by atoms with E-state index < -0.39 is 0 Å². The molecule has 0 spiro atoms. The van der Waals surface area contributed by atoms with Gasteiger partial charge in [-0.15, -0.1) is 0 Å². The number of rotatable bonds is 8. The van der Waals surface area contributed by atoms with Crippen LogP contribution >= 0.6 is 0 Å². The van der Waals surface area contributed by atoms with E-state index in [4.69, 9.17) is 0 Å². The molecule has 3 nitrogen and oxygen atoms in total. The molecular formula is C26H42O3. The molecule has 2 aliphatic rings. The van der Waals surface area contributed by atoms with E-state index in [1.54, 1.807) is 0 Å². The number of fused-ring (bicyclic) bond motifs is 1. The quantitative estimate of drug-likeness (QED) is 0.474. The summed E-state index contributed by atoms with van der Waals surface area (Å²) < 4.78 is 0. The predicted molar refractivity (Wildman–Crippen MR) is 119 cm³/mol. The zero-order valence-electron chi connectivity index (χ0n) is 18.7. The lowest BCUT2D eigenvalue weighted by Gasteiger charge is -2.46. The van der Waals surface area contributed by atoms with Gasteiger partial charge in [0.1, 0.15) is 5.75 Å². The molecule has 0 bridgehead atoms. The summed E-state index contributed by atoms with van der Waals surface area (Å²) in [7, 11) is 0. The van der Waals surface area contributed by atoms with Crippen LogP contribution in [0.25, 0.3) is 0 Å². The van der Waals surface area contributed by atoms with Gasteiger partial charge in [0.25, 0.3) is 0 Å². The molecule has 2 aliphatic carbocycles. The van der Waals surface area contributed by atoms with Crippen molar-refractivity contribution in [1.82, 2.24) is 0 Å². The first-order valence-electron chi connectivity index (χ1n) is 12.0. The number of unbranched alkanes of at least 4 members (excludes halogenated alkanes) is 3. The Labute approximate surface area is 177 Å². The molecule has 0 heterocycles. The van der Waals surface area contributed by atoms with Gasteiger partial charge in [0.15, 0.2) is 0 Å². The van der Waals surface area contributed by atoms with E-state index in [0.29, 0.717) is 23.5 Å². The third kappa shape index (κ3) is 5.35. The van der Waals surface area contributed by atoms with Crippen molar-refractivity contribution in [2.45, 2.75) is 102 Å². The van der Waals surface area contributed by atoms with E-state index >= 15 is 0 Å². The average Bonchev–Trinajstić information content (AvgIpc) is 2.70. The van der Waals surface area contributed by atoms with Crippen LogP contribution in [0.2, 0.25) is 0 Å². The van der Waals surface area contributed by atoms with Gasteiger partial charge in [-0.05, 0) is 84.8 Å². The molecule has 3 rings (SSSR count). The summed E-state index contributed by atoms with van der Waals surface area (Å²) >= 11 is 0. The molecule has 3 heteroatoms. The molecule has 0 amide bonds. The van der Waals surface area contributed by atoms with Gasteiger partial charge in [-0.2, -0.15) is 0 Å². The highest BCUT2D eigenvalue weighted by atomic mass is 16.3. The van der Waals surface area contributed by atoms with E-state index in [0.717, 1.165) is 44.1 Å². The number of aliphatic hydroxyl groups is 2. The normalized spacial score (nSPS) is 30.2. The number of phenolic OH excluding ortho intramolecular Hbond substituents is 1. The molecule has 2 saturated carbocycles. The van der Waals surface area contributed by atoms with Gasteiger partial charge >= 0.3 is 0 Å². The standard InChI is InChI=1S/C26H42O3/c1-4-5-6-7-12-26(2,3)20-10-11-22(25(29)15-20)24-16-21(28)14-19-9-8-18(17-27)13-23(19)24/h10-11,15,18-19,21,23-24,27-29H,4-9,12-14,16-17H2,1-3H3. The van der Waals surface area contributed by atoms with Crippen molar-refractivity contribution in [2.75, 3.05) is 6.61 Å². The third-order valence-corrected chi connectivity index (χ3v) is 7.90. The molecule has 0 saturated heterocycles. The lowest BCUT2D eigenvalue weighted by Crippen LogP contribution is -2.38. The van der Waals surface area contributed by atoms with Crippen LogP contribution in [0.4, 0.5) is 0 Å². The molecule has 5 unspecified atom stereocenters. The molecule has 3 N–H and O–H groups in total. The highest BCUT2D eigenvalue weighted by Crippen LogP contribution is 2.51. The minimum Gasteiger partial charge on any atom is -0.508 e. The SMILES string of the molecule is CCCCCCC(C)(C)c1ccc(C2CC(O)CC3CCC(CO)CC32)c(O)c1. The number of hydrogen-bond donors (Lipinski definition) is 3. The zero-order valence-corrected chi connectivity index (χ0v) is 18.7. The van der Waals surface area contributed by atoms with Crippen molar-refractivity contribution >= 4 is 0 Å². The fraction of sp³-hybridized carbons (Fsp3) is 0.769. The highest BCUT2D eigenvalue weighted by molar-refractivity contribution is 5.42. The first kappa shape index (κ1) is 22.6. The van der Waals surface area contributed by atoms with Gasteiger partial charge in [0.05, 0.1) is 6.10 Å². The number of benzene rings is 1. The summed E-state index contributed by atoms with van der Waals surface area (Å²) in [5.41, 5.74) is 2.27. The Morgan fingerprint density at radius 2 is 1.83 bits per heavy atom. The van der Waals surface area contributed by atoms with Gasteiger partial charge in [-0.1, -0.05) is 58.6 Å².